The normalized spacial score (nSPS) is 13.9. The second kappa shape index (κ2) is 6.31. The van der Waals surface area contributed by atoms with Crippen molar-refractivity contribution in [3.8, 4) is 0 Å². The number of nitrogens with two attached hydrogens (primary N) is 1. The summed E-state index contributed by atoms with van der Waals surface area (Å²) in [7, 11) is 0. The standard InChI is InChI=1S/C14H17N3O3/c15-12(14(19)20)6-11-7-16-9-17(11)13(8-18)10-4-2-1-3-5-10/h1-5,7,9,12-13,18H,6,8,15H2,(H,19,20)/t12-,13?/m0/s1. The van der Waals surface area contributed by atoms with Gasteiger partial charge < -0.3 is 20.5 Å². The number of aromatic nitrogens is 2. The lowest BCUT2D eigenvalue weighted by Gasteiger charge is -2.20. The number of hydrogen-bond acceptors (Lipinski definition) is 4. The third-order valence-electron chi connectivity index (χ3n) is 3.19. The third kappa shape index (κ3) is 3.04. The van der Waals surface area contributed by atoms with Crippen LogP contribution in [0.1, 0.15) is 17.3 Å². The predicted octanol–water partition coefficient (Wildman–Crippen LogP) is 0.419. The van der Waals surface area contributed by atoms with Gasteiger partial charge in [0, 0.05) is 18.3 Å². The predicted molar refractivity (Wildman–Crippen MR) is 73.2 cm³/mol. The molecule has 1 unspecified atom stereocenters. The number of hydrogen-bond donors (Lipinski definition) is 3. The Morgan fingerprint density at radius 1 is 1.35 bits per heavy atom. The molecule has 6 nitrogen and oxygen atoms in total. The Hall–Kier alpha value is -2.18. The second-order valence-electron chi connectivity index (χ2n) is 4.55. The number of aliphatic hydroxyl groups is 1. The van der Waals surface area contributed by atoms with Crippen LogP contribution in [-0.2, 0) is 11.2 Å². The molecule has 0 aliphatic heterocycles. The van der Waals surface area contributed by atoms with Crippen LogP contribution >= 0.6 is 0 Å². The number of carboxylic acid groups (broad SMARTS) is 1. The summed E-state index contributed by atoms with van der Waals surface area (Å²) < 4.78 is 1.76. The number of aliphatic carboxylic acids is 1. The van der Waals surface area contributed by atoms with Crippen LogP contribution in [0.5, 0.6) is 0 Å². The molecule has 0 aliphatic carbocycles. The summed E-state index contributed by atoms with van der Waals surface area (Å²) in [6, 6.07) is 8.20. The lowest BCUT2D eigenvalue weighted by Crippen LogP contribution is -2.33. The van der Waals surface area contributed by atoms with E-state index in [0.717, 1.165) is 5.56 Å². The van der Waals surface area contributed by atoms with Crippen LogP contribution in [-0.4, -0.2) is 38.4 Å². The van der Waals surface area contributed by atoms with Gasteiger partial charge >= 0.3 is 5.97 Å². The van der Waals surface area contributed by atoms with E-state index in [0.29, 0.717) is 5.69 Å². The molecule has 2 rings (SSSR count). The first kappa shape index (κ1) is 14.2. The Morgan fingerprint density at radius 3 is 2.65 bits per heavy atom. The molecule has 0 aliphatic rings. The molecular weight excluding hydrogens is 258 g/mol. The van der Waals surface area contributed by atoms with Crippen molar-refractivity contribution in [3.63, 3.8) is 0 Å². The lowest BCUT2D eigenvalue weighted by molar-refractivity contribution is -0.138. The molecule has 0 fully saturated rings. The summed E-state index contributed by atoms with van der Waals surface area (Å²) in [6.07, 6.45) is 3.32. The fourth-order valence-corrected chi connectivity index (χ4v) is 2.11. The molecule has 1 aromatic heterocycles. The van der Waals surface area contributed by atoms with Crippen molar-refractivity contribution < 1.29 is 15.0 Å². The molecule has 2 atom stereocenters. The molecule has 4 N–H and O–H groups in total. The fourth-order valence-electron chi connectivity index (χ4n) is 2.11. The quantitative estimate of drug-likeness (QED) is 0.709. The van der Waals surface area contributed by atoms with Crippen molar-refractivity contribution >= 4 is 5.97 Å². The molecule has 0 saturated heterocycles. The van der Waals surface area contributed by atoms with E-state index in [4.69, 9.17) is 10.8 Å². The van der Waals surface area contributed by atoms with Crippen LogP contribution in [0.4, 0.5) is 0 Å². The Labute approximate surface area is 116 Å². The molecule has 0 saturated carbocycles. The van der Waals surface area contributed by atoms with E-state index in [9.17, 15) is 9.90 Å². The van der Waals surface area contributed by atoms with E-state index < -0.39 is 12.0 Å². The van der Waals surface area contributed by atoms with Gasteiger partial charge in [0.05, 0.1) is 19.0 Å². The van der Waals surface area contributed by atoms with Gasteiger partial charge in [-0.2, -0.15) is 0 Å². The highest BCUT2D eigenvalue weighted by Gasteiger charge is 2.19. The smallest absolute Gasteiger partial charge is 0.320 e. The molecule has 20 heavy (non-hydrogen) atoms. The van der Waals surface area contributed by atoms with Crippen LogP contribution in [0, 0.1) is 0 Å². The van der Waals surface area contributed by atoms with Crippen molar-refractivity contribution in [2.24, 2.45) is 5.73 Å². The number of benzene rings is 1. The number of imidazole rings is 1. The molecule has 6 heteroatoms. The first-order chi connectivity index (χ1) is 9.63. The maximum absolute atomic E-state index is 10.8. The summed E-state index contributed by atoms with van der Waals surface area (Å²) in [6.45, 7) is -0.102. The molecule has 106 valence electrons. The third-order valence-corrected chi connectivity index (χ3v) is 3.19. The van der Waals surface area contributed by atoms with Gasteiger partial charge in [0.2, 0.25) is 0 Å². The number of rotatable bonds is 6. The van der Waals surface area contributed by atoms with Crippen LogP contribution in [0.2, 0.25) is 0 Å². The molecular formula is C14H17N3O3. The monoisotopic (exact) mass is 275 g/mol. The van der Waals surface area contributed by atoms with Gasteiger partial charge in [-0.05, 0) is 5.56 Å². The topological polar surface area (TPSA) is 101 Å². The first-order valence-corrected chi connectivity index (χ1v) is 6.28. The van der Waals surface area contributed by atoms with Crippen molar-refractivity contribution in [2.75, 3.05) is 6.61 Å². The second-order valence-corrected chi connectivity index (χ2v) is 4.55. The average Bonchev–Trinajstić information content (AvgIpc) is 2.89. The largest absolute Gasteiger partial charge is 0.480 e. The van der Waals surface area contributed by atoms with Crippen molar-refractivity contribution in [1.29, 1.82) is 0 Å². The first-order valence-electron chi connectivity index (χ1n) is 6.28. The minimum Gasteiger partial charge on any atom is -0.480 e. The summed E-state index contributed by atoms with van der Waals surface area (Å²) in [4.78, 5) is 14.9. The van der Waals surface area contributed by atoms with Gasteiger partial charge in [-0.1, -0.05) is 30.3 Å². The van der Waals surface area contributed by atoms with Crippen LogP contribution in [0.15, 0.2) is 42.9 Å². The van der Waals surface area contributed by atoms with E-state index in [1.807, 2.05) is 30.3 Å². The van der Waals surface area contributed by atoms with Crippen LogP contribution in [0.25, 0.3) is 0 Å². The molecule has 0 bridgehead atoms. The summed E-state index contributed by atoms with van der Waals surface area (Å²) in [5.74, 6) is -1.06. The average molecular weight is 275 g/mol. The fraction of sp³-hybridized carbons (Fsp3) is 0.286. The Kier molecular flexibility index (Phi) is 4.49. The Bertz CT molecular complexity index is 568. The molecule has 0 amide bonds. The summed E-state index contributed by atoms with van der Waals surface area (Å²) in [5.41, 5.74) is 7.17. The number of nitrogens with zero attached hydrogens (tertiary/aromatic N) is 2. The maximum Gasteiger partial charge on any atom is 0.320 e. The summed E-state index contributed by atoms with van der Waals surface area (Å²) >= 11 is 0. The van der Waals surface area contributed by atoms with Gasteiger partial charge in [-0.15, -0.1) is 0 Å². The highest BCUT2D eigenvalue weighted by Crippen LogP contribution is 2.20. The van der Waals surface area contributed by atoms with E-state index >= 15 is 0 Å². The van der Waals surface area contributed by atoms with E-state index in [1.165, 1.54) is 0 Å². The lowest BCUT2D eigenvalue weighted by atomic mass is 10.1. The van der Waals surface area contributed by atoms with Gasteiger partial charge in [0.25, 0.3) is 0 Å². The van der Waals surface area contributed by atoms with E-state index in [1.54, 1.807) is 17.1 Å². The Morgan fingerprint density at radius 2 is 2.05 bits per heavy atom. The van der Waals surface area contributed by atoms with Gasteiger partial charge in [0.15, 0.2) is 0 Å². The zero-order chi connectivity index (χ0) is 14.5. The highest BCUT2D eigenvalue weighted by molar-refractivity contribution is 5.73. The highest BCUT2D eigenvalue weighted by atomic mass is 16.4. The zero-order valence-corrected chi connectivity index (χ0v) is 10.9. The number of carbonyl (C=O) groups is 1. The minimum absolute atomic E-state index is 0.102. The number of carboxylic acids is 1. The molecule has 0 spiro atoms. The molecule has 2 aromatic rings. The van der Waals surface area contributed by atoms with Gasteiger partial charge in [0.1, 0.15) is 6.04 Å². The van der Waals surface area contributed by atoms with Gasteiger partial charge in [-0.25, -0.2) is 4.98 Å². The zero-order valence-electron chi connectivity index (χ0n) is 10.9. The molecule has 1 aromatic carbocycles. The molecule has 1 heterocycles. The summed E-state index contributed by atoms with van der Waals surface area (Å²) in [5, 5.41) is 18.5. The van der Waals surface area contributed by atoms with Crippen LogP contribution < -0.4 is 5.73 Å². The van der Waals surface area contributed by atoms with E-state index in [2.05, 4.69) is 4.98 Å². The van der Waals surface area contributed by atoms with E-state index in [-0.39, 0.29) is 19.1 Å². The van der Waals surface area contributed by atoms with Gasteiger partial charge in [-0.3, -0.25) is 4.79 Å². The van der Waals surface area contributed by atoms with Crippen molar-refractivity contribution in [3.05, 3.63) is 54.1 Å². The Balaban J connectivity index is 2.28. The maximum atomic E-state index is 10.8. The molecule has 0 radical (unpaired) electrons. The van der Waals surface area contributed by atoms with Crippen LogP contribution in [0.3, 0.4) is 0 Å². The minimum atomic E-state index is -1.06. The van der Waals surface area contributed by atoms with Crippen molar-refractivity contribution in [2.45, 2.75) is 18.5 Å². The number of aliphatic hydroxyl groups excluding tert-OH is 1. The van der Waals surface area contributed by atoms with Crippen molar-refractivity contribution in [1.82, 2.24) is 9.55 Å². The SMILES string of the molecule is N[C@@H](Cc1cncn1C(CO)c1ccccc1)C(=O)O.